The van der Waals surface area contributed by atoms with Crippen LogP contribution in [0.3, 0.4) is 0 Å². The predicted molar refractivity (Wildman–Crippen MR) is 163 cm³/mol. The molecule has 0 aliphatic heterocycles. The van der Waals surface area contributed by atoms with E-state index in [1.54, 1.807) is 0 Å². The van der Waals surface area contributed by atoms with Crippen molar-refractivity contribution < 1.29 is 19.4 Å². The Morgan fingerprint density at radius 3 is 1.82 bits per heavy atom. The zero-order chi connectivity index (χ0) is 27.8. The van der Waals surface area contributed by atoms with Crippen LogP contribution in [0.4, 0.5) is 0 Å². The lowest BCUT2D eigenvalue weighted by molar-refractivity contribution is -0.154. The standard InChI is InChI=1S/C34H58O4/c1-3-5-7-9-11-13-15-16-17-18-19-21-23-25-27-29-34(36)38-33(31-35)32-37-30-28-26-24-22-20-14-12-10-8-6-4-2/h5,7-8,10-11,13,16-17,19,21,33,35H,3-4,6,9,12,14-15,18,20,22-32H2,1-2H3/b7-5-,10-8-,13-11-,17-16-,21-19-. The average Bonchev–Trinajstić information content (AvgIpc) is 2.92. The number of aliphatic hydroxyl groups is 1. The molecule has 0 spiro atoms. The van der Waals surface area contributed by atoms with E-state index in [9.17, 15) is 9.90 Å². The number of rotatable bonds is 27. The maximum atomic E-state index is 12.1. The van der Waals surface area contributed by atoms with Crippen LogP contribution in [0.15, 0.2) is 60.8 Å². The molecule has 1 unspecified atom stereocenters. The van der Waals surface area contributed by atoms with Crippen molar-refractivity contribution in [2.75, 3.05) is 19.8 Å². The van der Waals surface area contributed by atoms with Crippen LogP contribution in [0.1, 0.15) is 123 Å². The van der Waals surface area contributed by atoms with E-state index >= 15 is 0 Å². The number of esters is 1. The topological polar surface area (TPSA) is 55.8 Å². The van der Waals surface area contributed by atoms with Crippen molar-refractivity contribution in [1.82, 2.24) is 0 Å². The molecular formula is C34H58O4. The molecule has 0 saturated heterocycles. The van der Waals surface area contributed by atoms with E-state index < -0.39 is 6.10 Å². The van der Waals surface area contributed by atoms with Crippen molar-refractivity contribution in [3.8, 4) is 0 Å². The molecule has 0 bridgehead atoms. The lowest BCUT2D eigenvalue weighted by atomic mass is 10.1. The Morgan fingerprint density at radius 1 is 0.658 bits per heavy atom. The molecule has 38 heavy (non-hydrogen) atoms. The van der Waals surface area contributed by atoms with Crippen LogP contribution < -0.4 is 0 Å². The van der Waals surface area contributed by atoms with Crippen molar-refractivity contribution >= 4 is 5.97 Å². The van der Waals surface area contributed by atoms with Gasteiger partial charge in [0.2, 0.25) is 0 Å². The first kappa shape index (κ1) is 36.1. The van der Waals surface area contributed by atoms with Crippen LogP contribution in [0.25, 0.3) is 0 Å². The molecule has 4 heteroatoms. The highest BCUT2D eigenvalue weighted by Gasteiger charge is 2.13. The number of hydrogen-bond acceptors (Lipinski definition) is 4. The van der Waals surface area contributed by atoms with Gasteiger partial charge in [0.15, 0.2) is 0 Å². The summed E-state index contributed by atoms with van der Waals surface area (Å²) in [5.41, 5.74) is 0. The molecule has 4 nitrogen and oxygen atoms in total. The zero-order valence-electron chi connectivity index (χ0n) is 24.7. The second-order valence-corrected chi connectivity index (χ2v) is 9.79. The minimum Gasteiger partial charge on any atom is -0.457 e. The third kappa shape index (κ3) is 28.7. The van der Waals surface area contributed by atoms with Crippen molar-refractivity contribution in [2.45, 2.75) is 129 Å². The van der Waals surface area contributed by atoms with Crippen molar-refractivity contribution in [3.05, 3.63) is 60.8 Å². The van der Waals surface area contributed by atoms with Gasteiger partial charge in [-0.2, -0.15) is 0 Å². The van der Waals surface area contributed by atoms with Gasteiger partial charge in [-0.3, -0.25) is 4.79 Å². The van der Waals surface area contributed by atoms with Gasteiger partial charge >= 0.3 is 5.97 Å². The summed E-state index contributed by atoms with van der Waals surface area (Å²) in [6.45, 7) is 5.09. The second kappa shape index (κ2) is 31.3. The fourth-order valence-electron chi connectivity index (χ4n) is 3.79. The van der Waals surface area contributed by atoms with Crippen LogP contribution in [0, 0.1) is 0 Å². The summed E-state index contributed by atoms with van der Waals surface area (Å²) >= 11 is 0. The predicted octanol–water partition coefficient (Wildman–Crippen LogP) is 9.36. The van der Waals surface area contributed by atoms with Gasteiger partial charge in [0, 0.05) is 13.0 Å². The summed E-state index contributed by atoms with van der Waals surface area (Å²) in [6.07, 6.45) is 39.6. The van der Waals surface area contributed by atoms with Crippen molar-refractivity contribution in [1.29, 1.82) is 0 Å². The van der Waals surface area contributed by atoms with E-state index in [0.717, 1.165) is 57.8 Å². The largest absolute Gasteiger partial charge is 0.457 e. The molecule has 0 saturated carbocycles. The molecule has 1 N–H and O–H groups in total. The third-order valence-corrected chi connectivity index (χ3v) is 6.06. The SMILES string of the molecule is CC/C=C\C/C=C\C/C=C\C/C=C\CCCCC(=O)OC(CO)COCCCCCCCC/C=C\CCC. The van der Waals surface area contributed by atoms with Gasteiger partial charge in [-0.25, -0.2) is 0 Å². The summed E-state index contributed by atoms with van der Waals surface area (Å²) in [5.74, 6) is -0.248. The van der Waals surface area contributed by atoms with Crippen LogP contribution in [0.5, 0.6) is 0 Å². The average molecular weight is 531 g/mol. The minimum atomic E-state index is -0.558. The molecule has 0 fully saturated rings. The fraction of sp³-hybridized carbons (Fsp3) is 0.676. The number of allylic oxidation sites excluding steroid dienone is 10. The highest BCUT2D eigenvalue weighted by molar-refractivity contribution is 5.69. The molecule has 0 radical (unpaired) electrons. The number of carbonyl (C=O) groups is 1. The van der Waals surface area contributed by atoms with Crippen molar-refractivity contribution in [2.24, 2.45) is 0 Å². The zero-order valence-corrected chi connectivity index (χ0v) is 24.7. The molecule has 0 aliphatic rings. The first-order chi connectivity index (χ1) is 18.7. The number of aliphatic hydroxyl groups excluding tert-OH is 1. The van der Waals surface area contributed by atoms with Gasteiger partial charge in [0.25, 0.3) is 0 Å². The molecule has 1 atom stereocenters. The Hall–Kier alpha value is -1.91. The highest BCUT2D eigenvalue weighted by atomic mass is 16.6. The smallest absolute Gasteiger partial charge is 0.306 e. The van der Waals surface area contributed by atoms with E-state index in [-0.39, 0.29) is 19.2 Å². The van der Waals surface area contributed by atoms with E-state index in [4.69, 9.17) is 9.47 Å². The molecule has 0 aliphatic carbocycles. The maximum absolute atomic E-state index is 12.1. The van der Waals surface area contributed by atoms with Gasteiger partial charge in [0.05, 0.1) is 13.2 Å². The summed E-state index contributed by atoms with van der Waals surface area (Å²) in [7, 11) is 0. The second-order valence-electron chi connectivity index (χ2n) is 9.79. The first-order valence-corrected chi connectivity index (χ1v) is 15.4. The number of carbonyl (C=O) groups excluding carboxylic acids is 1. The maximum Gasteiger partial charge on any atom is 0.306 e. The molecule has 0 amide bonds. The molecule has 218 valence electrons. The van der Waals surface area contributed by atoms with Gasteiger partial charge < -0.3 is 14.6 Å². The summed E-state index contributed by atoms with van der Waals surface area (Å²) in [4.78, 5) is 12.1. The normalized spacial score (nSPS) is 13.2. The van der Waals surface area contributed by atoms with Crippen molar-refractivity contribution in [3.63, 3.8) is 0 Å². The Morgan fingerprint density at radius 2 is 1.18 bits per heavy atom. The molecule has 0 rings (SSSR count). The summed E-state index contributed by atoms with van der Waals surface area (Å²) in [5, 5.41) is 9.49. The summed E-state index contributed by atoms with van der Waals surface area (Å²) < 4.78 is 11.0. The van der Waals surface area contributed by atoms with E-state index in [1.165, 1.54) is 44.9 Å². The van der Waals surface area contributed by atoms with Gasteiger partial charge in [-0.1, -0.05) is 107 Å². The van der Waals surface area contributed by atoms with E-state index in [2.05, 4.69) is 74.6 Å². The van der Waals surface area contributed by atoms with Crippen LogP contribution in [-0.4, -0.2) is 37.0 Å². The first-order valence-electron chi connectivity index (χ1n) is 15.4. The monoisotopic (exact) mass is 530 g/mol. The number of ether oxygens (including phenoxy) is 2. The summed E-state index contributed by atoms with van der Waals surface area (Å²) in [6, 6.07) is 0. The van der Waals surface area contributed by atoms with Gasteiger partial charge in [-0.15, -0.1) is 0 Å². The Labute approximate surface area is 235 Å². The van der Waals surface area contributed by atoms with Gasteiger partial charge in [-0.05, 0) is 70.6 Å². The minimum absolute atomic E-state index is 0.194. The van der Waals surface area contributed by atoms with Gasteiger partial charge in [0.1, 0.15) is 6.10 Å². The molecule has 0 aromatic carbocycles. The van der Waals surface area contributed by atoms with E-state index in [0.29, 0.717) is 13.0 Å². The Bertz CT molecular complexity index is 645. The number of hydrogen-bond donors (Lipinski definition) is 1. The third-order valence-electron chi connectivity index (χ3n) is 6.06. The Kier molecular flexibility index (Phi) is 29.7. The lowest BCUT2D eigenvalue weighted by Gasteiger charge is -2.15. The van der Waals surface area contributed by atoms with Crippen LogP contribution >= 0.6 is 0 Å². The molecular weight excluding hydrogens is 472 g/mol. The van der Waals surface area contributed by atoms with Crippen LogP contribution in [0.2, 0.25) is 0 Å². The van der Waals surface area contributed by atoms with Crippen LogP contribution in [-0.2, 0) is 14.3 Å². The Balaban J connectivity index is 3.60. The lowest BCUT2D eigenvalue weighted by Crippen LogP contribution is -2.27. The molecule has 0 aromatic heterocycles. The molecule has 0 heterocycles. The fourth-order valence-corrected chi connectivity index (χ4v) is 3.79. The van der Waals surface area contributed by atoms with E-state index in [1.807, 2.05) is 0 Å². The highest BCUT2D eigenvalue weighted by Crippen LogP contribution is 2.09. The quantitative estimate of drug-likeness (QED) is 0.0653. The number of unbranched alkanes of at least 4 members (excludes halogenated alkanes) is 9. The molecule has 0 aromatic rings.